The summed E-state index contributed by atoms with van der Waals surface area (Å²) in [5, 5.41) is 0. The third-order valence-electron chi connectivity index (χ3n) is 3.90. The van der Waals surface area contributed by atoms with Gasteiger partial charge in [0.15, 0.2) is 11.5 Å². The summed E-state index contributed by atoms with van der Waals surface area (Å²) in [4.78, 5) is 0. The van der Waals surface area contributed by atoms with E-state index in [1.165, 1.54) is 0 Å². The van der Waals surface area contributed by atoms with Gasteiger partial charge in [0.25, 0.3) is 0 Å². The number of hydrogen-bond acceptors (Lipinski definition) is 4. The Morgan fingerprint density at radius 2 is 1.71 bits per heavy atom. The molecule has 0 bridgehead atoms. The molecule has 0 saturated heterocycles. The van der Waals surface area contributed by atoms with Crippen LogP contribution in [0.2, 0.25) is 0 Å². The van der Waals surface area contributed by atoms with Crippen molar-refractivity contribution < 1.29 is 17.9 Å². The smallest absolute Gasteiger partial charge is 0.216 e. The average Bonchev–Trinajstić information content (AvgIpc) is 2.56. The van der Waals surface area contributed by atoms with Crippen molar-refractivity contribution in [3.63, 3.8) is 0 Å². The van der Waals surface area contributed by atoms with Gasteiger partial charge in [-0.3, -0.25) is 0 Å². The molecular weight excluding hydrogens is 326 g/mol. The zero-order valence-electron chi connectivity index (χ0n) is 13.8. The van der Waals surface area contributed by atoms with Crippen LogP contribution in [0, 0.1) is 6.92 Å². The van der Waals surface area contributed by atoms with Crippen molar-refractivity contribution in [1.29, 1.82) is 0 Å². The second kappa shape index (κ2) is 6.83. The molecule has 0 saturated carbocycles. The van der Waals surface area contributed by atoms with Gasteiger partial charge in [0, 0.05) is 6.04 Å². The van der Waals surface area contributed by atoms with Crippen LogP contribution < -0.4 is 14.2 Å². The largest absolute Gasteiger partial charge is 0.486 e. The molecule has 24 heavy (non-hydrogen) atoms. The summed E-state index contributed by atoms with van der Waals surface area (Å²) < 4.78 is 38.5. The number of hydrogen-bond donors (Lipinski definition) is 1. The first kappa shape index (κ1) is 16.8. The maximum absolute atomic E-state index is 12.4. The third kappa shape index (κ3) is 4.07. The number of rotatable bonds is 5. The van der Waals surface area contributed by atoms with Crippen LogP contribution in [0.1, 0.15) is 29.7 Å². The maximum Gasteiger partial charge on any atom is 0.216 e. The van der Waals surface area contributed by atoms with Gasteiger partial charge in [0.2, 0.25) is 10.0 Å². The number of benzene rings is 2. The van der Waals surface area contributed by atoms with E-state index in [1.54, 1.807) is 0 Å². The molecular formula is C18H21NO4S. The molecule has 1 N–H and O–H groups in total. The Morgan fingerprint density at radius 3 is 2.42 bits per heavy atom. The molecule has 2 aromatic carbocycles. The highest BCUT2D eigenvalue weighted by Gasteiger charge is 2.19. The lowest BCUT2D eigenvalue weighted by atomic mass is 10.1. The summed E-state index contributed by atoms with van der Waals surface area (Å²) in [6, 6.07) is 12.6. The SMILES string of the molecule is Cc1ccc(CS(=O)(=O)N[C@H](C)c2ccc3c(c2)OCCO3)cc1. The van der Waals surface area contributed by atoms with E-state index in [4.69, 9.17) is 9.47 Å². The molecule has 1 heterocycles. The van der Waals surface area contributed by atoms with Crippen LogP contribution in [0.4, 0.5) is 0 Å². The Morgan fingerprint density at radius 1 is 1.04 bits per heavy atom. The molecule has 2 aromatic rings. The second-order valence-corrected chi connectivity index (χ2v) is 7.74. The van der Waals surface area contributed by atoms with E-state index in [0.29, 0.717) is 24.7 Å². The molecule has 1 atom stereocenters. The van der Waals surface area contributed by atoms with Crippen LogP contribution in [0.25, 0.3) is 0 Å². The Balaban J connectivity index is 1.71. The summed E-state index contributed by atoms with van der Waals surface area (Å²) >= 11 is 0. The van der Waals surface area contributed by atoms with Gasteiger partial charge in [-0.2, -0.15) is 0 Å². The molecule has 5 nitrogen and oxygen atoms in total. The van der Waals surface area contributed by atoms with E-state index in [-0.39, 0.29) is 11.8 Å². The summed E-state index contributed by atoms with van der Waals surface area (Å²) in [7, 11) is -3.44. The summed E-state index contributed by atoms with van der Waals surface area (Å²) in [5.74, 6) is 1.31. The van der Waals surface area contributed by atoms with Crippen LogP contribution in [-0.4, -0.2) is 21.6 Å². The fourth-order valence-corrected chi connectivity index (χ4v) is 4.00. The molecule has 0 spiro atoms. The van der Waals surface area contributed by atoms with Crippen LogP contribution in [0.5, 0.6) is 11.5 Å². The first-order chi connectivity index (χ1) is 11.4. The molecule has 0 fully saturated rings. The molecule has 0 amide bonds. The van der Waals surface area contributed by atoms with Crippen molar-refractivity contribution in [1.82, 2.24) is 4.72 Å². The van der Waals surface area contributed by atoms with Crippen LogP contribution in [0.15, 0.2) is 42.5 Å². The first-order valence-corrected chi connectivity index (χ1v) is 9.53. The maximum atomic E-state index is 12.4. The lowest BCUT2D eigenvalue weighted by Crippen LogP contribution is -2.28. The zero-order valence-corrected chi connectivity index (χ0v) is 14.6. The molecule has 0 aromatic heterocycles. The van der Waals surface area contributed by atoms with Crippen molar-refractivity contribution in [2.75, 3.05) is 13.2 Å². The van der Waals surface area contributed by atoms with Gasteiger partial charge < -0.3 is 9.47 Å². The number of nitrogens with one attached hydrogen (secondary N) is 1. The Kier molecular flexibility index (Phi) is 4.78. The van der Waals surface area contributed by atoms with Crippen LogP contribution >= 0.6 is 0 Å². The molecule has 3 rings (SSSR count). The van der Waals surface area contributed by atoms with E-state index in [2.05, 4.69) is 4.72 Å². The van der Waals surface area contributed by atoms with Crippen LogP contribution in [0.3, 0.4) is 0 Å². The lowest BCUT2D eigenvalue weighted by molar-refractivity contribution is 0.171. The minimum Gasteiger partial charge on any atom is -0.486 e. The minimum atomic E-state index is -3.44. The van der Waals surface area contributed by atoms with Gasteiger partial charge in [-0.25, -0.2) is 13.1 Å². The van der Waals surface area contributed by atoms with E-state index in [1.807, 2.05) is 56.3 Å². The fraction of sp³-hybridized carbons (Fsp3) is 0.333. The van der Waals surface area contributed by atoms with Gasteiger partial charge in [-0.1, -0.05) is 35.9 Å². The predicted octanol–water partition coefficient (Wildman–Crippen LogP) is 2.95. The second-order valence-electron chi connectivity index (χ2n) is 5.99. The average molecular weight is 347 g/mol. The number of ether oxygens (including phenoxy) is 2. The highest BCUT2D eigenvalue weighted by atomic mass is 32.2. The molecule has 1 aliphatic rings. The van der Waals surface area contributed by atoms with E-state index < -0.39 is 10.0 Å². The highest BCUT2D eigenvalue weighted by Crippen LogP contribution is 2.32. The Bertz CT molecular complexity index is 815. The topological polar surface area (TPSA) is 64.6 Å². The number of fused-ring (bicyclic) bond motifs is 1. The van der Waals surface area contributed by atoms with Crippen molar-refractivity contribution >= 4 is 10.0 Å². The van der Waals surface area contributed by atoms with Gasteiger partial charge in [0.1, 0.15) is 13.2 Å². The van der Waals surface area contributed by atoms with Gasteiger partial charge in [-0.15, -0.1) is 0 Å². The molecule has 1 aliphatic heterocycles. The minimum absolute atomic E-state index is 0.0395. The number of sulfonamides is 1. The molecule has 128 valence electrons. The Hall–Kier alpha value is -2.05. The lowest BCUT2D eigenvalue weighted by Gasteiger charge is -2.21. The van der Waals surface area contributed by atoms with Gasteiger partial charge >= 0.3 is 0 Å². The summed E-state index contributed by atoms with van der Waals surface area (Å²) in [5.41, 5.74) is 2.71. The quantitative estimate of drug-likeness (QED) is 0.903. The van der Waals surface area contributed by atoms with Crippen molar-refractivity contribution in [2.45, 2.75) is 25.6 Å². The van der Waals surface area contributed by atoms with Crippen LogP contribution in [-0.2, 0) is 15.8 Å². The van der Waals surface area contributed by atoms with Crippen molar-refractivity contribution in [2.24, 2.45) is 0 Å². The molecule has 6 heteroatoms. The fourth-order valence-electron chi connectivity index (χ4n) is 2.61. The number of aryl methyl sites for hydroxylation is 1. The van der Waals surface area contributed by atoms with E-state index in [9.17, 15) is 8.42 Å². The molecule has 0 aliphatic carbocycles. The monoisotopic (exact) mass is 347 g/mol. The molecule has 0 radical (unpaired) electrons. The van der Waals surface area contributed by atoms with Gasteiger partial charge in [0.05, 0.1) is 5.75 Å². The standard InChI is InChI=1S/C18H21NO4S/c1-13-3-5-15(6-4-13)12-24(20,21)19-14(2)16-7-8-17-18(11-16)23-10-9-22-17/h3-8,11,14,19H,9-10,12H2,1-2H3/t14-/m1/s1. The first-order valence-electron chi connectivity index (χ1n) is 7.88. The van der Waals surface area contributed by atoms with E-state index >= 15 is 0 Å². The normalized spacial score (nSPS) is 15.1. The summed E-state index contributed by atoms with van der Waals surface area (Å²) in [6.45, 7) is 4.83. The van der Waals surface area contributed by atoms with E-state index in [0.717, 1.165) is 16.7 Å². The predicted molar refractivity (Wildman–Crippen MR) is 92.8 cm³/mol. The van der Waals surface area contributed by atoms with Gasteiger partial charge in [-0.05, 0) is 37.1 Å². The third-order valence-corrected chi connectivity index (χ3v) is 5.33. The Labute approximate surface area is 142 Å². The summed E-state index contributed by atoms with van der Waals surface area (Å²) in [6.07, 6.45) is 0. The molecule has 0 unspecified atom stereocenters. The van der Waals surface area contributed by atoms with Crippen molar-refractivity contribution in [3.8, 4) is 11.5 Å². The highest BCUT2D eigenvalue weighted by molar-refractivity contribution is 7.88. The van der Waals surface area contributed by atoms with Crippen molar-refractivity contribution in [3.05, 3.63) is 59.2 Å². The zero-order chi connectivity index (χ0) is 17.2.